The summed E-state index contributed by atoms with van der Waals surface area (Å²) in [6.07, 6.45) is 0. The summed E-state index contributed by atoms with van der Waals surface area (Å²) in [4.78, 5) is 0. The first-order chi connectivity index (χ1) is 23.2. The van der Waals surface area contributed by atoms with Gasteiger partial charge in [-0.3, -0.25) is 0 Å². The van der Waals surface area contributed by atoms with Crippen LogP contribution < -0.4 is 9.47 Å². The van der Waals surface area contributed by atoms with Crippen molar-refractivity contribution in [3.05, 3.63) is 192 Å². The first-order valence-corrected chi connectivity index (χ1v) is 15.7. The Balaban J connectivity index is 1.13. The Hall–Kier alpha value is -6.37. The lowest BCUT2D eigenvalue weighted by molar-refractivity contribution is 0.359. The van der Waals surface area contributed by atoms with Crippen LogP contribution in [0.3, 0.4) is 0 Å². The second kappa shape index (κ2) is 10.6. The highest BCUT2D eigenvalue weighted by molar-refractivity contribution is 5.88. The minimum atomic E-state index is -0.503. The molecule has 0 fully saturated rings. The van der Waals surface area contributed by atoms with Gasteiger partial charge in [0.25, 0.3) is 0 Å². The van der Waals surface area contributed by atoms with Gasteiger partial charge in [-0.2, -0.15) is 5.26 Å². The zero-order chi connectivity index (χ0) is 31.4. The molecule has 7 aromatic carbocycles. The van der Waals surface area contributed by atoms with Crippen LogP contribution in [0.4, 0.5) is 0 Å². The van der Waals surface area contributed by atoms with Crippen molar-refractivity contribution in [2.24, 2.45) is 0 Å². The fourth-order valence-electron chi connectivity index (χ4n) is 7.37. The molecule has 7 aromatic rings. The standard InChI is InChI=1S/C44H27NO2/c45-28-32-11-7-8-16-35(32)30-21-19-29(20-22-30)31-23-24-40-41(25-31)47-42-26-37-36-17-9-10-18-38(36)44(33-12-3-1-4-13-33,34-14-5-2-6-15-34)39(37)27-43(42)46-40/h1-27H. The number of hydrogen-bond acceptors (Lipinski definition) is 3. The maximum atomic E-state index is 9.55. The quantitative estimate of drug-likeness (QED) is 0.202. The molecule has 3 heteroatoms. The largest absolute Gasteiger partial charge is 0.450 e. The van der Waals surface area contributed by atoms with Crippen molar-refractivity contribution in [1.29, 1.82) is 5.26 Å². The normalized spacial score (nSPS) is 13.2. The predicted molar refractivity (Wildman–Crippen MR) is 186 cm³/mol. The topological polar surface area (TPSA) is 42.2 Å². The molecule has 0 atom stereocenters. The number of fused-ring (bicyclic) bond motifs is 5. The van der Waals surface area contributed by atoms with Crippen LogP contribution in [0.5, 0.6) is 23.0 Å². The van der Waals surface area contributed by atoms with Crippen LogP contribution in [0, 0.1) is 11.3 Å². The third-order valence-corrected chi connectivity index (χ3v) is 9.48. The van der Waals surface area contributed by atoms with Crippen LogP contribution in [-0.2, 0) is 5.41 Å². The number of nitrogens with zero attached hydrogens (tertiary/aromatic N) is 1. The summed E-state index contributed by atoms with van der Waals surface area (Å²) in [5.41, 5.74) is 11.4. The number of rotatable bonds is 4. The Labute approximate surface area is 273 Å². The van der Waals surface area contributed by atoms with Crippen LogP contribution >= 0.6 is 0 Å². The van der Waals surface area contributed by atoms with E-state index in [1.807, 2.05) is 36.4 Å². The molecular weight excluding hydrogens is 574 g/mol. The second-order valence-electron chi connectivity index (χ2n) is 12.0. The first kappa shape index (κ1) is 27.0. The smallest absolute Gasteiger partial charge is 0.170 e. The lowest BCUT2D eigenvalue weighted by Crippen LogP contribution is -2.28. The molecule has 0 unspecified atom stereocenters. The average molecular weight is 602 g/mol. The summed E-state index contributed by atoms with van der Waals surface area (Å²) in [5.74, 6) is 2.76. The Kier molecular flexibility index (Phi) is 6.10. The van der Waals surface area contributed by atoms with Gasteiger partial charge in [0, 0.05) is 0 Å². The van der Waals surface area contributed by atoms with Crippen molar-refractivity contribution in [1.82, 2.24) is 0 Å². The minimum Gasteiger partial charge on any atom is -0.450 e. The van der Waals surface area contributed by atoms with Gasteiger partial charge in [-0.05, 0) is 86.0 Å². The molecule has 2 aliphatic rings. The van der Waals surface area contributed by atoms with E-state index < -0.39 is 5.41 Å². The molecule has 1 heterocycles. The summed E-state index contributed by atoms with van der Waals surface area (Å²) in [6.45, 7) is 0. The Morgan fingerprint density at radius 2 is 0.957 bits per heavy atom. The molecule has 0 N–H and O–H groups in total. The molecular formula is C44H27NO2. The molecule has 220 valence electrons. The average Bonchev–Trinajstić information content (AvgIpc) is 3.43. The van der Waals surface area contributed by atoms with Crippen molar-refractivity contribution in [3.8, 4) is 62.4 Å². The van der Waals surface area contributed by atoms with Gasteiger partial charge in [0.1, 0.15) is 0 Å². The van der Waals surface area contributed by atoms with E-state index in [-0.39, 0.29) is 0 Å². The van der Waals surface area contributed by atoms with Gasteiger partial charge in [0.15, 0.2) is 23.0 Å². The molecule has 1 aliphatic carbocycles. The van der Waals surface area contributed by atoms with E-state index in [9.17, 15) is 5.26 Å². The van der Waals surface area contributed by atoms with Gasteiger partial charge in [0.05, 0.1) is 17.0 Å². The number of benzene rings is 7. The number of ether oxygens (including phenoxy) is 2. The van der Waals surface area contributed by atoms with Crippen LogP contribution in [-0.4, -0.2) is 0 Å². The van der Waals surface area contributed by atoms with E-state index in [0.29, 0.717) is 28.6 Å². The predicted octanol–water partition coefficient (Wildman–Crippen LogP) is 11.2. The number of hydrogen-bond donors (Lipinski definition) is 0. The second-order valence-corrected chi connectivity index (χ2v) is 12.0. The highest BCUT2D eigenvalue weighted by atomic mass is 16.6. The molecule has 0 spiro atoms. The van der Waals surface area contributed by atoms with Gasteiger partial charge in [-0.1, -0.05) is 133 Å². The van der Waals surface area contributed by atoms with E-state index in [4.69, 9.17) is 9.47 Å². The van der Waals surface area contributed by atoms with Crippen LogP contribution in [0.1, 0.15) is 27.8 Å². The van der Waals surface area contributed by atoms with E-state index in [1.165, 1.54) is 27.8 Å². The summed E-state index contributed by atoms with van der Waals surface area (Å²) in [6, 6.07) is 58.9. The Morgan fingerprint density at radius 1 is 0.404 bits per heavy atom. The van der Waals surface area contributed by atoms with Gasteiger partial charge in [-0.25, -0.2) is 0 Å². The molecule has 1 aliphatic heterocycles. The van der Waals surface area contributed by atoms with E-state index >= 15 is 0 Å². The fraction of sp³-hybridized carbons (Fsp3) is 0.0227. The van der Waals surface area contributed by atoms with Crippen LogP contribution in [0.25, 0.3) is 33.4 Å². The summed E-state index contributed by atoms with van der Waals surface area (Å²) in [7, 11) is 0. The zero-order valence-electron chi connectivity index (χ0n) is 25.4. The molecule has 0 saturated carbocycles. The number of nitriles is 1. The molecule has 0 aromatic heterocycles. The maximum absolute atomic E-state index is 9.55. The van der Waals surface area contributed by atoms with Gasteiger partial charge in [-0.15, -0.1) is 0 Å². The first-order valence-electron chi connectivity index (χ1n) is 15.7. The monoisotopic (exact) mass is 601 g/mol. The van der Waals surface area contributed by atoms with Gasteiger partial charge >= 0.3 is 0 Å². The third-order valence-electron chi connectivity index (χ3n) is 9.48. The van der Waals surface area contributed by atoms with Crippen molar-refractivity contribution in [3.63, 3.8) is 0 Å². The molecule has 0 saturated heterocycles. The van der Waals surface area contributed by atoms with E-state index in [0.717, 1.165) is 27.8 Å². The van der Waals surface area contributed by atoms with Crippen molar-refractivity contribution < 1.29 is 9.47 Å². The lowest BCUT2D eigenvalue weighted by atomic mass is 9.67. The lowest BCUT2D eigenvalue weighted by Gasteiger charge is -2.34. The van der Waals surface area contributed by atoms with Crippen molar-refractivity contribution in [2.75, 3.05) is 0 Å². The minimum absolute atomic E-state index is 0.503. The van der Waals surface area contributed by atoms with Crippen LogP contribution in [0.15, 0.2) is 164 Å². The molecule has 0 radical (unpaired) electrons. The van der Waals surface area contributed by atoms with E-state index in [1.54, 1.807) is 0 Å². The Morgan fingerprint density at radius 3 is 1.68 bits per heavy atom. The highest BCUT2D eigenvalue weighted by Gasteiger charge is 2.47. The Bertz CT molecular complexity index is 2310. The fourth-order valence-corrected chi connectivity index (χ4v) is 7.37. The highest BCUT2D eigenvalue weighted by Crippen LogP contribution is 2.59. The van der Waals surface area contributed by atoms with E-state index in [2.05, 4.69) is 133 Å². The molecule has 47 heavy (non-hydrogen) atoms. The molecule has 9 rings (SSSR count). The van der Waals surface area contributed by atoms with Crippen molar-refractivity contribution in [2.45, 2.75) is 5.41 Å². The molecule has 3 nitrogen and oxygen atoms in total. The van der Waals surface area contributed by atoms with Gasteiger partial charge < -0.3 is 9.47 Å². The van der Waals surface area contributed by atoms with Crippen LogP contribution in [0.2, 0.25) is 0 Å². The SMILES string of the molecule is N#Cc1ccccc1-c1ccc(-c2ccc3c(c2)Oc2cc4c(cc2O3)C(c2ccccc2)(c2ccccc2)c2ccccc2-4)cc1. The maximum Gasteiger partial charge on any atom is 0.170 e. The van der Waals surface area contributed by atoms with Gasteiger partial charge in [0.2, 0.25) is 0 Å². The van der Waals surface area contributed by atoms with Crippen molar-refractivity contribution >= 4 is 0 Å². The zero-order valence-corrected chi connectivity index (χ0v) is 25.4. The molecule has 0 amide bonds. The third kappa shape index (κ3) is 4.13. The molecule has 0 bridgehead atoms. The summed E-state index contributed by atoms with van der Waals surface area (Å²) >= 11 is 0. The summed E-state index contributed by atoms with van der Waals surface area (Å²) in [5, 5.41) is 9.55. The summed E-state index contributed by atoms with van der Waals surface area (Å²) < 4.78 is 13.2.